The van der Waals surface area contributed by atoms with Crippen LogP contribution in [0.2, 0.25) is 0 Å². The summed E-state index contributed by atoms with van der Waals surface area (Å²) in [6.45, 7) is 4.39. The van der Waals surface area contributed by atoms with Crippen LogP contribution < -0.4 is 10.5 Å². The molecule has 0 aliphatic rings. The molecule has 1 aromatic carbocycles. The van der Waals surface area contributed by atoms with Crippen LogP contribution in [0.15, 0.2) is 18.2 Å². The molecule has 0 aliphatic carbocycles. The monoisotopic (exact) mass is 235 g/mol. The molecular formula is C12H17N3O2. The maximum absolute atomic E-state index is 9.00. The molecule has 0 unspecified atom stereocenters. The third kappa shape index (κ3) is 2.34. The van der Waals surface area contributed by atoms with E-state index in [9.17, 15) is 0 Å². The predicted octanol–water partition coefficient (Wildman–Crippen LogP) is 1.40. The van der Waals surface area contributed by atoms with Crippen LogP contribution in [0.4, 0.5) is 5.69 Å². The molecule has 5 heteroatoms. The maximum Gasteiger partial charge on any atom is 0.241 e. The molecule has 0 aliphatic heterocycles. The van der Waals surface area contributed by atoms with Crippen LogP contribution in [0.3, 0.4) is 0 Å². The number of nitrogen functional groups attached to an aromatic ring is 1. The van der Waals surface area contributed by atoms with Crippen molar-refractivity contribution in [2.75, 3.05) is 12.3 Å². The average molecular weight is 235 g/mol. The van der Waals surface area contributed by atoms with Gasteiger partial charge in [-0.2, -0.15) is 0 Å². The Balaban J connectivity index is 2.54. The smallest absolute Gasteiger partial charge is 0.241 e. The minimum atomic E-state index is 0.0439. The molecule has 17 heavy (non-hydrogen) atoms. The van der Waals surface area contributed by atoms with Crippen molar-refractivity contribution in [1.29, 1.82) is 0 Å². The highest BCUT2D eigenvalue weighted by molar-refractivity contribution is 5.87. The summed E-state index contributed by atoms with van der Waals surface area (Å²) in [7, 11) is 0. The lowest BCUT2D eigenvalue weighted by Crippen LogP contribution is -2.08. The van der Waals surface area contributed by atoms with Crippen LogP contribution in [0.25, 0.3) is 10.9 Å². The van der Waals surface area contributed by atoms with E-state index in [4.69, 9.17) is 15.6 Å². The molecule has 0 atom stereocenters. The molecule has 0 saturated carbocycles. The molecule has 1 heterocycles. The van der Waals surface area contributed by atoms with E-state index in [1.54, 1.807) is 4.68 Å². The zero-order valence-corrected chi connectivity index (χ0v) is 10.1. The highest BCUT2D eigenvalue weighted by Crippen LogP contribution is 2.27. The average Bonchev–Trinajstić information content (AvgIpc) is 2.56. The Morgan fingerprint density at radius 1 is 1.47 bits per heavy atom. The van der Waals surface area contributed by atoms with Gasteiger partial charge in [0.1, 0.15) is 0 Å². The molecule has 0 spiro atoms. The highest BCUT2D eigenvalue weighted by Gasteiger charge is 2.12. The highest BCUT2D eigenvalue weighted by atomic mass is 16.5. The van der Waals surface area contributed by atoms with Crippen molar-refractivity contribution < 1.29 is 9.84 Å². The van der Waals surface area contributed by atoms with Gasteiger partial charge in [0.2, 0.25) is 5.88 Å². The first-order valence-corrected chi connectivity index (χ1v) is 5.65. The number of nitrogens with two attached hydrogens (primary N) is 1. The Hall–Kier alpha value is -1.75. The molecule has 1 aromatic heterocycles. The van der Waals surface area contributed by atoms with Crippen molar-refractivity contribution >= 4 is 16.6 Å². The number of hydrogen-bond donors (Lipinski definition) is 2. The number of fused-ring (bicyclic) bond motifs is 1. The SMILES string of the molecule is CC(C)Oc1nn(CCO)c2ccc(N)cc12. The number of nitrogens with zero attached hydrogens (tertiary/aromatic N) is 2. The van der Waals surface area contributed by atoms with E-state index in [0.717, 1.165) is 10.9 Å². The van der Waals surface area contributed by atoms with Gasteiger partial charge >= 0.3 is 0 Å². The second-order valence-electron chi connectivity index (χ2n) is 4.20. The van der Waals surface area contributed by atoms with Gasteiger partial charge in [-0.25, -0.2) is 0 Å². The Bertz CT molecular complexity index is 520. The zero-order valence-electron chi connectivity index (χ0n) is 10.1. The fraction of sp³-hybridized carbons (Fsp3) is 0.417. The number of ether oxygens (including phenoxy) is 1. The number of hydrogen-bond acceptors (Lipinski definition) is 4. The van der Waals surface area contributed by atoms with Crippen LogP contribution in [0, 0.1) is 0 Å². The molecule has 0 saturated heterocycles. The summed E-state index contributed by atoms with van der Waals surface area (Å²) in [5.74, 6) is 0.566. The summed E-state index contributed by atoms with van der Waals surface area (Å²) >= 11 is 0. The van der Waals surface area contributed by atoms with Gasteiger partial charge in [0.05, 0.1) is 30.2 Å². The van der Waals surface area contributed by atoms with Crippen molar-refractivity contribution in [2.45, 2.75) is 26.5 Å². The first-order chi connectivity index (χ1) is 8.11. The zero-order chi connectivity index (χ0) is 12.4. The molecular weight excluding hydrogens is 218 g/mol. The minimum absolute atomic E-state index is 0.0439. The van der Waals surface area contributed by atoms with Gasteiger partial charge in [-0.05, 0) is 32.0 Å². The van der Waals surface area contributed by atoms with Gasteiger partial charge in [-0.3, -0.25) is 4.68 Å². The lowest BCUT2D eigenvalue weighted by molar-refractivity contribution is 0.228. The van der Waals surface area contributed by atoms with E-state index in [1.807, 2.05) is 32.0 Å². The van der Waals surface area contributed by atoms with Gasteiger partial charge in [-0.1, -0.05) is 0 Å². The lowest BCUT2D eigenvalue weighted by Gasteiger charge is -2.06. The summed E-state index contributed by atoms with van der Waals surface area (Å²) < 4.78 is 7.37. The van der Waals surface area contributed by atoms with Gasteiger partial charge in [0.25, 0.3) is 0 Å². The molecule has 0 bridgehead atoms. The first-order valence-electron chi connectivity index (χ1n) is 5.65. The summed E-state index contributed by atoms with van der Waals surface area (Å²) in [5, 5.41) is 14.2. The van der Waals surface area contributed by atoms with E-state index >= 15 is 0 Å². The summed E-state index contributed by atoms with van der Waals surface area (Å²) in [4.78, 5) is 0. The number of anilines is 1. The number of benzene rings is 1. The Morgan fingerprint density at radius 3 is 2.88 bits per heavy atom. The van der Waals surface area contributed by atoms with E-state index in [0.29, 0.717) is 18.1 Å². The second kappa shape index (κ2) is 4.63. The maximum atomic E-state index is 9.00. The van der Waals surface area contributed by atoms with E-state index in [1.165, 1.54) is 0 Å². The second-order valence-corrected chi connectivity index (χ2v) is 4.20. The molecule has 3 N–H and O–H groups in total. The Labute approximate surface area is 99.8 Å². The third-order valence-electron chi connectivity index (χ3n) is 2.40. The van der Waals surface area contributed by atoms with Crippen molar-refractivity contribution in [3.8, 4) is 5.88 Å². The van der Waals surface area contributed by atoms with Crippen LogP contribution in [0.5, 0.6) is 5.88 Å². The lowest BCUT2D eigenvalue weighted by atomic mass is 10.2. The molecule has 92 valence electrons. The van der Waals surface area contributed by atoms with Gasteiger partial charge in [-0.15, -0.1) is 5.10 Å². The van der Waals surface area contributed by atoms with Crippen molar-refractivity contribution in [2.24, 2.45) is 0 Å². The standard InChI is InChI=1S/C12H17N3O2/c1-8(2)17-12-10-7-9(13)3-4-11(10)15(14-12)5-6-16/h3-4,7-8,16H,5-6,13H2,1-2H3. The van der Waals surface area contributed by atoms with Gasteiger partial charge < -0.3 is 15.6 Å². The normalized spacial score (nSPS) is 11.3. The molecule has 2 rings (SSSR count). The van der Waals surface area contributed by atoms with E-state index < -0.39 is 0 Å². The Kier molecular flexibility index (Phi) is 3.19. The third-order valence-corrected chi connectivity index (χ3v) is 2.40. The van der Waals surface area contributed by atoms with Crippen molar-refractivity contribution in [3.05, 3.63) is 18.2 Å². The van der Waals surface area contributed by atoms with Crippen molar-refractivity contribution in [1.82, 2.24) is 9.78 Å². The van der Waals surface area contributed by atoms with Crippen LogP contribution in [-0.2, 0) is 6.54 Å². The first kappa shape index (κ1) is 11.7. The van der Waals surface area contributed by atoms with Gasteiger partial charge in [0.15, 0.2) is 0 Å². The number of rotatable bonds is 4. The number of aliphatic hydroxyl groups is 1. The van der Waals surface area contributed by atoms with Gasteiger partial charge in [0, 0.05) is 5.69 Å². The number of aromatic nitrogens is 2. The predicted molar refractivity (Wildman–Crippen MR) is 67.0 cm³/mol. The topological polar surface area (TPSA) is 73.3 Å². The van der Waals surface area contributed by atoms with E-state index in [2.05, 4.69) is 5.10 Å². The fourth-order valence-electron chi connectivity index (χ4n) is 1.74. The minimum Gasteiger partial charge on any atom is -0.473 e. The van der Waals surface area contributed by atoms with Crippen LogP contribution in [0.1, 0.15) is 13.8 Å². The fourth-order valence-corrected chi connectivity index (χ4v) is 1.74. The Morgan fingerprint density at radius 2 is 2.24 bits per heavy atom. The molecule has 0 amide bonds. The molecule has 5 nitrogen and oxygen atoms in total. The summed E-state index contributed by atoms with van der Waals surface area (Å²) in [6.07, 6.45) is 0.0529. The van der Waals surface area contributed by atoms with Crippen LogP contribution in [-0.4, -0.2) is 27.6 Å². The van der Waals surface area contributed by atoms with E-state index in [-0.39, 0.29) is 12.7 Å². The van der Waals surface area contributed by atoms with Crippen LogP contribution >= 0.6 is 0 Å². The molecule has 0 radical (unpaired) electrons. The number of aliphatic hydroxyl groups excluding tert-OH is 1. The largest absolute Gasteiger partial charge is 0.473 e. The molecule has 0 fully saturated rings. The summed E-state index contributed by atoms with van der Waals surface area (Å²) in [6, 6.07) is 5.55. The quantitative estimate of drug-likeness (QED) is 0.786. The molecule has 2 aromatic rings. The van der Waals surface area contributed by atoms with Crippen molar-refractivity contribution in [3.63, 3.8) is 0 Å². The summed E-state index contributed by atoms with van der Waals surface area (Å²) in [5.41, 5.74) is 7.36.